The molecule has 1 aromatic rings. The zero-order chi connectivity index (χ0) is 11.8. The highest BCUT2D eigenvalue weighted by molar-refractivity contribution is 6.33. The number of hydrogen-bond acceptors (Lipinski definition) is 1. The molecule has 1 rings (SSSR count). The maximum atomic E-state index is 13.0. The van der Waals surface area contributed by atoms with E-state index in [2.05, 4.69) is 0 Å². The summed E-state index contributed by atoms with van der Waals surface area (Å²) in [5, 5.41) is -0.406. The Balaban J connectivity index is 3.39. The van der Waals surface area contributed by atoms with Crippen molar-refractivity contribution in [1.29, 1.82) is 0 Å². The van der Waals surface area contributed by atoms with Crippen LogP contribution >= 0.6 is 11.6 Å². The van der Waals surface area contributed by atoms with Crippen LogP contribution in [0.2, 0.25) is 5.02 Å². The van der Waals surface area contributed by atoms with E-state index in [1.807, 2.05) is 0 Å². The lowest BCUT2D eigenvalue weighted by molar-refractivity contribution is -0.140. The Labute approximate surface area is 87.7 Å². The fourth-order valence-electron chi connectivity index (χ4n) is 1.03. The molecule has 0 saturated heterocycles. The van der Waals surface area contributed by atoms with Crippen molar-refractivity contribution in [2.24, 2.45) is 0 Å². The van der Waals surface area contributed by atoms with Gasteiger partial charge in [-0.2, -0.15) is 13.2 Å². The average molecular weight is 241 g/mol. The number of benzene rings is 1. The van der Waals surface area contributed by atoms with Gasteiger partial charge >= 0.3 is 6.18 Å². The first-order valence-corrected chi connectivity index (χ1v) is 4.18. The molecule has 0 aliphatic carbocycles. The minimum Gasteiger partial charge on any atom is -0.294 e. The van der Waals surface area contributed by atoms with Crippen molar-refractivity contribution < 1.29 is 22.4 Å². The van der Waals surface area contributed by atoms with Crippen molar-refractivity contribution in [3.05, 3.63) is 34.1 Å². The lowest BCUT2D eigenvalue weighted by Crippen LogP contribution is -2.09. The molecule has 0 aliphatic rings. The van der Waals surface area contributed by atoms with E-state index in [1.54, 1.807) is 0 Å². The number of carbonyl (C=O) groups is 1. The second-order valence-corrected chi connectivity index (χ2v) is 3.27. The normalized spacial score (nSPS) is 11.6. The molecule has 0 atom stereocenters. The van der Waals surface area contributed by atoms with Crippen LogP contribution in [0, 0.1) is 5.82 Å². The van der Waals surface area contributed by atoms with Crippen LogP contribution in [-0.4, -0.2) is 5.78 Å². The van der Waals surface area contributed by atoms with Gasteiger partial charge in [-0.25, -0.2) is 4.39 Å². The second kappa shape index (κ2) is 3.81. The molecule has 0 saturated carbocycles. The average Bonchev–Trinajstić information content (AvgIpc) is 2.06. The molecule has 0 bridgehead atoms. The van der Waals surface area contributed by atoms with Gasteiger partial charge in [0.1, 0.15) is 5.82 Å². The predicted octanol–water partition coefficient (Wildman–Crippen LogP) is 3.70. The van der Waals surface area contributed by atoms with Crippen molar-refractivity contribution >= 4 is 17.4 Å². The highest BCUT2D eigenvalue weighted by Crippen LogP contribution is 2.34. The highest BCUT2D eigenvalue weighted by atomic mass is 35.5. The first-order valence-electron chi connectivity index (χ1n) is 3.80. The Morgan fingerprint density at radius 1 is 1.33 bits per heavy atom. The maximum absolute atomic E-state index is 13.0. The summed E-state index contributed by atoms with van der Waals surface area (Å²) in [6.07, 6.45) is -4.82. The minimum atomic E-state index is -4.82. The smallest absolute Gasteiger partial charge is 0.294 e. The SMILES string of the molecule is CC(=O)c1cc(F)c(C(F)(F)F)cc1Cl. The lowest BCUT2D eigenvalue weighted by Gasteiger charge is -2.09. The molecule has 0 heterocycles. The van der Waals surface area contributed by atoms with E-state index in [4.69, 9.17) is 11.6 Å². The molecular formula is C9H5ClF4O. The number of alkyl halides is 3. The molecule has 0 spiro atoms. The van der Waals surface area contributed by atoms with Crippen LogP contribution in [0.3, 0.4) is 0 Å². The van der Waals surface area contributed by atoms with Crippen LogP contribution in [0.5, 0.6) is 0 Å². The summed E-state index contributed by atoms with van der Waals surface area (Å²) in [7, 11) is 0. The van der Waals surface area contributed by atoms with Gasteiger partial charge < -0.3 is 0 Å². The Bertz CT molecular complexity index is 411. The van der Waals surface area contributed by atoms with E-state index >= 15 is 0 Å². The van der Waals surface area contributed by atoms with Gasteiger partial charge in [0.25, 0.3) is 0 Å². The van der Waals surface area contributed by atoms with Crippen molar-refractivity contribution in [2.45, 2.75) is 13.1 Å². The van der Waals surface area contributed by atoms with Crippen LogP contribution in [0.1, 0.15) is 22.8 Å². The Morgan fingerprint density at radius 3 is 2.27 bits per heavy atom. The van der Waals surface area contributed by atoms with Crippen molar-refractivity contribution in [3.63, 3.8) is 0 Å². The number of Topliss-reactive ketones (excluding diaryl/α,β-unsaturated/α-hetero) is 1. The molecular weight excluding hydrogens is 236 g/mol. The van der Waals surface area contributed by atoms with Gasteiger partial charge in [0.05, 0.1) is 10.6 Å². The minimum absolute atomic E-state index is 0.262. The first-order chi connectivity index (χ1) is 6.73. The summed E-state index contributed by atoms with van der Waals surface area (Å²) < 4.78 is 49.5. The van der Waals surface area contributed by atoms with E-state index in [0.29, 0.717) is 12.1 Å². The van der Waals surface area contributed by atoms with Crippen molar-refractivity contribution in [3.8, 4) is 0 Å². The number of ketones is 1. The van der Waals surface area contributed by atoms with E-state index in [9.17, 15) is 22.4 Å². The van der Waals surface area contributed by atoms with Gasteiger partial charge in [-0.05, 0) is 19.1 Å². The Morgan fingerprint density at radius 2 is 1.87 bits per heavy atom. The zero-order valence-corrected chi connectivity index (χ0v) is 8.21. The van der Waals surface area contributed by atoms with Crippen LogP contribution in [0.25, 0.3) is 0 Å². The van der Waals surface area contributed by atoms with E-state index in [-0.39, 0.29) is 5.56 Å². The molecule has 0 radical (unpaired) electrons. The van der Waals surface area contributed by atoms with Gasteiger partial charge in [0, 0.05) is 5.56 Å². The fraction of sp³-hybridized carbons (Fsp3) is 0.222. The van der Waals surface area contributed by atoms with E-state index in [1.165, 1.54) is 0 Å². The lowest BCUT2D eigenvalue weighted by atomic mass is 10.1. The number of carbonyl (C=O) groups excluding carboxylic acids is 1. The second-order valence-electron chi connectivity index (χ2n) is 2.87. The predicted molar refractivity (Wildman–Crippen MR) is 46.4 cm³/mol. The van der Waals surface area contributed by atoms with E-state index in [0.717, 1.165) is 6.92 Å². The summed E-state index contributed by atoms with van der Waals surface area (Å²) in [4.78, 5) is 10.8. The standard InChI is InChI=1S/C9H5ClF4O/c1-4(15)5-2-8(11)6(3-7(5)10)9(12,13)14/h2-3H,1H3. The quantitative estimate of drug-likeness (QED) is 0.540. The monoisotopic (exact) mass is 240 g/mol. The van der Waals surface area contributed by atoms with Crippen LogP contribution in [0.4, 0.5) is 17.6 Å². The molecule has 0 fully saturated rings. The van der Waals surface area contributed by atoms with Gasteiger partial charge in [0.2, 0.25) is 0 Å². The maximum Gasteiger partial charge on any atom is 0.419 e. The number of rotatable bonds is 1. The molecule has 6 heteroatoms. The third-order valence-electron chi connectivity index (χ3n) is 1.74. The van der Waals surface area contributed by atoms with E-state index < -0.39 is 28.4 Å². The molecule has 1 aromatic carbocycles. The van der Waals surface area contributed by atoms with Gasteiger partial charge in [-0.1, -0.05) is 11.6 Å². The molecule has 0 aromatic heterocycles. The summed E-state index contributed by atoms with van der Waals surface area (Å²) in [5.74, 6) is -2.09. The Kier molecular flexibility index (Phi) is 3.04. The molecule has 82 valence electrons. The van der Waals surface area contributed by atoms with Gasteiger partial charge in [0.15, 0.2) is 5.78 Å². The molecule has 0 aliphatic heterocycles. The van der Waals surface area contributed by atoms with Crippen LogP contribution in [-0.2, 0) is 6.18 Å². The molecule has 15 heavy (non-hydrogen) atoms. The highest BCUT2D eigenvalue weighted by Gasteiger charge is 2.35. The van der Waals surface area contributed by atoms with Crippen LogP contribution < -0.4 is 0 Å². The van der Waals surface area contributed by atoms with Crippen molar-refractivity contribution in [2.75, 3.05) is 0 Å². The topological polar surface area (TPSA) is 17.1 Å². The third-order valence-corrected chi connectivity index (χ3v) is 2.05. The largest absolute Gasteiger partial charge is 0.419 e. The summed E-state index contributed by atoms with van der Waals surface area (Å²) in [6.45, 7) is 1.09. The fourth-order valence-corrected chi connectivity index (χ4v) is 1.33. The summed E-state index contributed by atoms with van der Waals surface area (Å²) in [6, 6.07) is 0.904. The first kappa shape index (κ1) is 12.0. The van der Waals surface area contributed by atoms with Gasteiger partial charge in [-0.3, -0.25) is 4.79 Å². The summed E-state index contributed by atoms with van der Waals surface area (Å²) in [5.41, 5.74) is -1.74. The zero-order valence-electron chi connectivity index (χ0n) is 7.45. The summed E-state index contributed by atoms with van der Waals surface area (Å²) >= 11 is 5.41. The number of halogens is 5. The molecule has 1 nitrogen and oxygen atoms in total. The molecule has 0 N–H and O–H groups in total. The Hall–Kier alpha value is -1.10. The van der Waals surface area contributed by atoms with Crippen LogP contribution in [0.15, 0.2) is 12.1 Å². The van der Waals surface area contributed by atoms with Gasteiger partial charge in [-0.15, -0.1) is 0 Å². The van der Waals surface area contributed by atoms with Crippen molar-refractivity contribution in [1.82, 2.24) is 0 Å². The molecule has 0 amide bonds. The number of hydrogen-bond donors (Lipinski definition) is 0. The third kappa shape index (κ3) is 2.47. The molecule has 0 unspecified atom stereocenters.